The highest BCUT2D eigenvalue weighted by Crippen LogP contribution is 2.31. The fraction of sp³-hybridized carbons (Fsp3) is 0.381. The molecule has 0 heterocycles. The van der Waals surface area contributed by atoms with Crippen molar-refractivity contribution in [1.82, 2.24) is 4.72 Å². The molecule has 27 heavy (non-hydrogen) atoms. The number of carbonyl (C=O) groups excluding carboxylic acids is 1. The van der Waals surface area contributed by atoms with E-state index in [1.807, 2.05) is 38.1 Å². The van der Waals surface area contributed by atoms with Crippen LogP contribution in [0.15, 0.2) is 47.4 Å². The second-order valence-electron chi connectivity index (χ2n) is 7.05. The number of aryl methyl sites for hydroxylation is 2. The maximum absolute atomic E-state index is 12.5. The molecule has 0 aliphatic rings. The summed E-state index contributed by atoms with van der Waals surface area (Å²) in [5.41, 5.74) is 3.82. The van der Waals surface area contributed by atoms with Crippen molar-refractivity contribution in [1.29, 1.82) is 0 Å². The molecular formula is C21H28N2O3S. The number of rotatable bonds is 7. The first-order valence-electron chi connectivity index (χ1n) is 9.07. The first kappa shape index (κ1) is 21.1. The zero-order chi connectivity index (χ0) is 20.2. The van der Waals surface area contributed by atoms with E-state index in [1.165, 1.54) is 6.92 Å². The Balaban J connectivity index is 2.21. The van der Waals surface area contributed by atoms with Crippen LogP contribution in [0, 0.1) is 13.8 Å². The van der Waals surface area contributed by atoms with Gasteiger partial charge in [-0.1, -0.05) is 44.2 Å². The second-order valence-corrected chi connectivity index (χ2v) is 8.82. The zero-order valence-electron chi connectivity index (χ0n) is 16.6. The Morgan fingerprint density at radius 3 is 2.37 bits per heavy atom. The number of nitrogens with zero attached hydrogens (tertiary/aromatic N) is 1. The zero-order valence-corrected chi connectivity index (χ0v) is 17.4. The number of nitrogens with one attached hydrogen (secondary N) is 1. The lowest BCUT2D eigenvalue weighted by Gasteiger charge is -2.27. The van der Waals surface area contributed by atoms with Crippen molar-refractivity contribution in [3.8, 4) is 0 Å². The molecule has 0 spiro atoms. The molecule has 0 radical (unpaired) electrons. The van der Waals surface area contributed by atoms with Gasteiger partial charge in [0, 0.05) is 20.0 Å². The smallest absolute Gasteiger partial charge is 0.240 e. The fourth-order valence-electron chi connectivity index (χ4n) is 3.10. The fourth-order valence-corrected chi connectivity index (χ4v) is 4.23. The molecule has 2 rings (SSSR count). The molecule has 1 amide bonds. The van der Waals surface area contributed by atoms with Crippen LogP contribution < -0.4 is 9.62 Å². The van der Waals surface area contributed by atoms with Gasteiger partial charge in [-0.3, -0.25) is 4.79 Å². The minimum absolute atomic E-state index is 0.110. The minimum Gasteiger partial charge on any atom is -0.311 e. The van der Waals surface area contributed by atoms with E-state index in [0.29, 0.717) is 0 Å². The quantitative estimate of drug-likeness (QED) is 0.785. The van der Waals surface area contributed by atoms with Crippen LogP contribution in [0.25, 0.3) is 0 Å². The molecule has 0 fully saturated rings. The van der Waals surface area contributed by atoms with Gasteiger partial charge in [0.2, 0.25) is 15.9 Å². The predicted octanol–water partition coefficient (Wildman–Crippen LogP) is 3.76. The summed E-state index contributed by atoms with van der Waals surface area (Å²) in [6.45, 7) is 9.89. The van der Waals surface area contributed by atoms with Gasteiger partial charge in [0.15, 0.2) is 0 Å². The molecule has 0 aromatic heterocycles. The van der Waals surface area contributed by atoms with E-state index in [1.54, 1.807) is 23.1 Å². The maximum atomic E-state index is 12.5. The average Bonchev–Trinajstić information content (AvgIpc) is 2.58. The third-order valence-corrected chi connectivity index (χ3v) is 5.93. The van der Waals surface area contributed by atoms with Crippen LogP contribution in [0.4, 0.5) is 5.69 Å². The van der Waals surface area contributed by atoms with E-state index < -0.39 is 10.0 Å². The number of sulfonamides is 1. The third kappa shape index (κ3) is 5.17. The highest BCUT2D eigenvalue weighted by Gasteiger charge is 2.20. The van der Waals surface area contributed by atoms with Crippen LogP contribution >= 0.6 is 0 Å². The molecule has 0 atom stereocenters. The molecule has 146 valence electrons. The summed E-state index contributed by atoms with van der Waals surface area (Å²) >= 11 is 0. The summed E-state index contributed by atoms with van der Waals surface area (Å²) in [4.78, 5) is 14.2. The van der Waals surface area contributed by atoms with Crippen molar-refractivity contribution in [2.75, 3.05) is 18.0 Å². The van der Waals surface area contributed by atoms with Crippen molar-refractivity contribution in [3.05, 3.63) is 59.2 Å². The van der Waals surface area contributed by atoms with E-state index in [2.05, 4.69) is 18.6 Å². The highest BCUT2D eigenvalue weighted by molar-refractivity contribution is 7.89. The maximum Gasteiger partial charge on any atom is 0.240 e. The van der Waals surface area contributed by atoms with Crippen LogP contribution in [0.3, 0.4) is 0 Å². The molecule has 1 N–H and O–H groups in total. The van der Waals surface area contributed by atoms with Gasteiger partial charge in [-0.05, 0) is 48.6 Å². The molecule has 0 saturated heterocycles. The Hall–Kier alpha value is -2.18. The lowest BCUT2D eigenvalue weighted by atomic mass is 9.97. The summed E-state index contributed by atoms with van der Waals surface area (Å²) in [6, 6.07) is 12.7. The second kappa shape index (κ2) is 8.67. The van der Waals surface area contributed by atoms with E-state index in [4.69, 9.17) is 0 Å². The predicted molar refractivity (Wildman–Crippen MR) is 110 cm³/mol. The average molecular weight is 389 g/mol. The molecule has 5 nitrogen and oxygen atoms in total. The lowest BCUT2D eigenvalue weighted by molar-refractivity contribution is -0.116. The van der Waals surface area contributed by atoms with E-state index in [9.17, 15) is 13.2 Å². The van der Waals surface area contributed by atoms with Gasteiger partial charge in [-0.2, -0.15) is 0 Å². The van der Waals surface area contributed by atoms with Crippen molar-refractivity contribution >= 4 is 21.6 Å². The van der Waals surface area contributed by atoms with Gasteiger partial charge in [0.1, 0.15) is 0 Å². The summed E-state index contributed by atoms with van der Waals surface area (Å²) in [5, 5.41) is 0. The topological polar surface area (TPSA) is 66.5 Å². The third-order valence-electron chi connectivity index (χ3n) is 4.47. The number of hydrogen-bond donors (Lipinski definition) is 1. The van der Waals surface area contributed by atoms with Crippen LogP contribution in [-0.4, -0.2) is 27.4 Å². The van der Waals surface area contributed by atoms with Gasteiger partial charge < -0.3 is 4.90 Å². The number of benzene rings is 2. The minimum atomic E-state index is -3.61. The van der Waals surface area contributed by atoms with Crippen molar-refractivity contribution < 1.29 is 13.2 Å². The molecule has 0 bridgehead atoms. The first-order valence-corrected chi connectivity index (χ1v) is 10.6. The SMILES string of the molecule is CC(=O)N(CCNS(=O)(=O)c1cccc(C)c1)c1c(C)cccc1C(C)C. The Morgan fingerprint density at radius 2 is 1.78 bits per heavy atom. The normalized spacial score (nSPS) is 11.6. The number of amides is 1. The summed E-state index contributed by atoms with van der Waals surface area (Å²) in [6.07, 6.45) is 0. The van der Waals surface area contributed by atoms with Crippen molar-refractivity contribution in [2.24, 2.45) is 0 Å². The molecule has 0 unspecified atom stereocenters. The van der Waals surface area contributed by atoms with Crippen LogP contribution in [0.2, 0.25) is 0 Å². The molecule has 0 saturated carbocycles. The molecule has 0 aliphatic heterocycles. The van der Waals surface area contributed by atoms with Gasteiger partial charge in [0.05, 0.1) is 10.6 Å². The molecule has 6 heteroatoms. The Labute approximate surface area is 162 Å². The molecular weight excluding hydrogens is 360 g/mol. The standard InChI is InChI=1S/C21H28N2O3S/c1-15(2)20-11-7-9-17(4)21(20)23(18(5)24)13-12-22-27(25,26)19-10-6-8-16(3)14-19/h6-11,14-15,22H,12-13H2,1-5H3. The van der Waals surface area contributed by atoms with Crippen molar-refractivity contribution in [3.63, 3.8) is 0 Å². The van der Waals surface area contributed by atoms with Gasteiger partial charge in [-0.15, -0.1) is 0 Å². The van der Waals surface area contributed by atoms with E-state index >= 15 is 0 Å². The van der Waals surface area contributed by atoms with Crippen LogP contribution in [-0.2, 0) is 14.8 Å². The van der Waals surface area contributed by atoms with Gasteiger partial charge in [0.25, 0.3) is 0 Å². The number of hydrogen-bond acceptors (Lipinski definition) is 3. The molecule has 2 aromatic rings. The van der Waals surface area contributed by atoms with Gasteiger partial charge >= 0.3 is 0 Å². The number of anilines is 1. The van der Waals surface area contributed by atoms with Crippen LogP contribution in [0.1, 0.15) is 43.4 Å². The van der Waals surface area contributed by atoms with Gasteiger partial charge in [-0.25, -0.2) is 13.1 Å². The molecule has 2 aromatic carbocycles. The first-order chi connectivity index (χ1) is 12.6. The Kier molecular flexibility index (Phi) is 6.78. The summed E-state index contributed by atoms with van der Waals surface area (Å²) in [7, 11) is -3.61. The van der Waals surface area contributed by atoms with Crippen LogP contribution in [0.5, 0.6) is 0 Å². The monoisotopic (exact) mass is 388 g/mol. The van der Waals surface area contributed by atoms with E-state index in [0.717, 1.165) is 22.4 Å². The largest absolute Gasteiger partial charge is 0.311 e. The molecule has 0 aliphatic carbocycles. The number of carbonyl (C=O) groups is 1. The Bertz CT molecular complexity index is 921. The van der Waals surface area contributed by atoms with E-state index in [-0.39, 0.29) is 29.8 Å². The number of para-hydroxylation sites is 1. The lowest BCUT2D eigenvalue weighted by Crippen LogP contribution is -2.38. The summed E-state index contributed by atoms with van der Waals surface area (Å²) < 4.78 is 27.6. The Morgan fingerprint density at radius 1 is 1.11 bits per heavy atom. The van der Waals surface area contributed by atoms with Crippen molar-refractivity contribution in [2.45, 2.75) is 45.4 Å². The summed E-state index contributed by atoms with van der Waals surface area (Å²) in [5.74, 6) is 0.145. The highest BCUT2D eigenvalue weighted by atomic mass is 32.2.